The number of benzene rings is 8. The first-order valence-corrected chi connectivity index (χ1v) is 22.2. The summed E-state index contributed by atoms with van der Waals surface area (Å²) in [6.07, 6.45) is 5.89. The normalized spacial score (nSPS) is 16.4. The average molecular weight is 798 g/mol. The predicted molar refractivity (Wildman–Crippen MR) is 263 cm³/mol. The van der Waals surface area contributed by atoms with Crippen molar-refractivity contribution in [2.45, 2.75) is 51.9 Å². The van der Waals surface area contributed by atoms with Gasteiger partial charge in [-0.05, 0) is 150 Å². The topological polar surface area (TPSA) is 3.24 Å². The summed E-state index contributed by atoms with van der Waals surface area (Å²) >= 11 is 0. The van der Waals surface area contributed by atoms with Gasteiger partial charge in [-0.1, -0.05) is 186 Å². The molecule has 1 heteroatoms. The van der Waals surface area contributed by atoms with Crippen molar-refractivity contribution in [2.75, 3.05) is 4.90 Å². The largest absolute Gasteiger partial charge is 0.311 e. The number of rotatable bonds is 7. The molecule has 0 heterocycles. The maximum absolute atomic E-state index is 2.45. The van der Waals surface area contributed by atoms with Crippen molar-refractivity contribution in [1.29, 1.82) is 0 Å². The van der Waals surface area contributed by atoms with E-state index in [1.165, 1.54) is 89.0 Å². The second kappa shape index (κ2) is 14.6. The van der Waals surface area contributed by atoms with E-state index in [9.17, 15) is 0 Å². The van der Waals surface area contributed by atoms with Crippen molar-refractivity contribution < 1.29 is 0 Å². The summed E-state index contributed by atoms with van der Waals surface area (Å²) in [6.45, 7) is 11.8. The van der Waals surface area contributed by atoms with E-state index in [4.69, 9.17) is 0 Å². The fourth-order valence-electron chi connectivity index (χ4n) is 10.6. The fourth-order valence-corrected chi connectivity index (χ4v) is 10.6. The summed E-state index contributed by atoms with van der Waals surface area (Å²) in [7, 11) is 0. The van der Waals surface area contributed by atoms with E-state index in [0.717, 1.165) is 23.5 Å². The van der Waals surface area contributed by atoms with Crippen LogP contribution in [0.15, 0.2) is 206 Å². The molecule has 0 saturated heterocycles. The van der Waals surface area contributed by atoms with Gasteiger partial charge in [0, 0.05) is 27.9 Å². The van der Waals surface area contributed by atoms with E-state index >= 15 is 0 Å². The molecule has 3 aliphatic carbocycles. The van der Waals surface area contributed by atoms with Gasteiger partial charge < -0.3 is 4.90 Å². The van der Waals surface area contributed by atoms with Gasteiger partial charge in [-0.15, -0.1) is 0 Å². The van der Waals surface area contributed by atoms with Crippen LogP contribution in [0.1, 0.15) is 63.3 Å². The molecule has 0 radical (unpaired) electrons. The molecule has 0 bridgehead atoms. The standard InChI is InChI=1S/C61H51N/c1-40-15-36-57-55(37-40)54-35-27-48(39-59(54)61(57,4)5)46-24-32-51(33-25-46)62(49-28-20-44(21-29-49)43-18-16-42(17-19-43)41-11-7-6-8-12-41)50-30-22-45(23-31-50)47-26-34-53-52-13-9-10-14-56(52)60(2,3)58(53)38-47/h6-36,38-40H,37H2,1-5H3. The van der Waals surface area contributed by atoms with Crippen LogP contribution in [0.3, 0.4) is 0 Å². The molecular weight excluding hydrogens is 747 g/mol. The Bertz CT molecular complexity index is 3050. The molecule has 3 aliphatic rings. The quantitative estimate of drug-likeness (QED) is 0.155. The summed E-state index contributed by atoms with van der Waals surface area (Å²) in [5, 5.41) is 0. The third-order valence-corrected chi connectivity index (χ3v) is 14.1. The lowest BCUT2D eigenvalue weighted by molar-refractivity contribution is 0.643. The maximum atomic E-state index is 2.45. The number of hydrogen-bond donors (Lipinski definition) is 0. The molecule has 8 aromatic rings. The van der Waals surface area contributed by atoms with E-state index in [1.54, 1.807) is 0 Å². The van der Waals surface area contributed by atoms with Gasteiger partial charge in [0.2, 0.25) is 0 Å². The van der Waals surface area contributed by atoms with Crippen molar-refractivity contribution in [3.63, 3.8) is 0 Å². The zero-order valence-corrected chi connectivity index (χ0v) is 36.3. The van der Waals surface area contributed by atoms with Gasteiger partial charge in [0.25, 0.3) is 0 Å². The van der Waals surface area contributed by atoms with Gasteiger partial charge in [0.05, 0.1) is 0 Å². The molecule has 0 saturated carbocycles. The van der Waals surface area contributed by atoms with Crippen LogP contribution in [0.4, 0.5) is 17.1 Å². The van der Waals surface area contributed by atoms with Crippen LogP contribution in [-0.2, 0) is 10.8 Å². The monoisotopic (exact) mass is 797 g/mol. The minimum Gasteiger partial charge on any atom is -0.311 e. The van der Waals surface area contributed by atoms with Gasteiger partial charge in [0.15, 0.2) is 0 Å². The molecular formula is C61H51N. The molecule has 0 fully saturated rings. The Morgan fingerprint density at radius 2 is 0.790 bits per heavy atom. The number of allylic oxidation sites excluding steroid dienone is 4. The summed E-state index contributed by atoms with van der Waals surface area (Å²) in [5.74, 6) is 0.578. The van der Waals surface area contributed by atoms with E-state index in [2.05, 4.69) is 240 Å². The predicted octanol–water partition coefficient (Wildman–Crippen LogP) is 16.8. The number of anilines is 3. The van der Waals surface area contributed by atoms with Crippen LogP contribution in [-0.4, -0.2) is 0 Å². The SMILES string of the molecule is CC1C=CC2=C(C1)c1ccc(-c3ccc(N(c4ccc(-c5ccc(-c6ccccc6)cc5)cc4)c4ccc(-c5ccc6c(c5)C(C)(C)c5ccccc5-6)cc4)cc3)cc1C2(C)C. The van der Waals surface area contributed by atoms with Gasteiger partial charge in [-0.3, -0.25) is 0 Å². The molecule has 0 N–H and O–H groups in total. The van der Waals surface area contributed by atoms with Gasteiger partial charge in [-0.2, -0.15) is 0 Å². The van der Waals surface area contributed by atoms with Crippen molar-refractivity contribution in [2.24, 2.45) is 5.92 Å². The zero-order valence-electron chi connectivity index (χ0n) is 36.3. The lowest BCUT2D eigenvalue weighted by Gasteiger charge is -2.26. The summed E-state index contributed by atoms with van der Waals surface area (Å²) in [5.41, 5.74) is 24.5. The highest BCUT2D eigenvalue weighted by Gasteiger charge is 2.38. The zero-order chi connectivity index (χ0) is 42.2. The third kappa shape index (κ3) is 6.30. The Morgan fingerprint density at radius 3 is 1.34 bits per heavy atom. The molecule has 0 spiro atoms. The second-order valence-corrected chi connectivity index (χ2v) is 18.7. The minimum absolute atomic E-state index is 0.00267. The molecule has 0 aromatic heterocycles. The number of nitrogens with zero attached hydrogens (tertiary/aromatic N) is 1. The number of fused-ring (bicyclic) bond motifs is 5. The molecule has 62 heavy (non-hydrogen) atoms. The van der Waals surface area contributed by atoms with Crippen LogP contribution in [0.5, 0.6) is 0 Å². The van der Waals surface area contributed by atoms with Crippen LogP contribution < -0.4 is 4.90 Å². The van der Waals surface area contributed by atoms with E-state index in [0.29, 0.717) is 5.92 Å². The summed E-state index contributed by atoms with van der Waals surface area (Å²) < 4.78 is 0. The minimum atomic E-state index is -0.0384. The molecule has 0 amide bonds. The van der Waals surface area contributed by atoms with Crippen LogP contribution in [0.25, 0.3) is 61.2 Å². The third-order valence-electron chi connectivity index (χ3n) is 14.1. The lowest BCUT2D eigenvalue weighted by Crippen LogP contribution is -2.17. The highest BCUT2D eigenvalue weighted by molar-refractivity contribution is 5.87. The highest BCUT2D eigenvalue weighted by atomic mass is 15.1. The van der Waals surface area contributed by atoms with Crippen molar-refractivity contribution in [3.05, 3.63) is 228 Å². The second-order valence-electron chi connectivity index (χ2n) is 18.7. The molecule has 300 valence electrons. The van der Waals surface area contributed by atoms with Crippen molar-refractivity contribution in [1.82, 2.24) is 0 Å². The number of hydrogen-bond acceptors (Lipinski definition) is 1. The summed E-state index contributed by atoms with van der Waals surface area (Å²) in [4.78, 5) is 2.38. The first kappa shape index (κ1) is 38.0. The Labute approximate surface area is 367 Å². The van der Waals surface area contributed by atoms with E-state index < -0.39 is 0 Å². The molecule has 1 atom stereocenters. The first-order chi connectivity index (χ1) is 30.1. The van der Waals surface area contributed by atoms with Crippen LogP contribution in [0, 0.1) is 5.92 Å². The molecule has 1 nitrogen and oxygen atoms in total. The maximum Gasteiger partial charge on any atom is 0.0462 e. The Morgan fingerprint density at radius 1 is 0.387 bits per heavy atom. The summed E-state index contributed by atoms with van der Waals surface area (Å²) in [6, 6.07) is 69.8. The molecule has 11 rings (SSSR count). The van der Waals surface area contributed by atoms with Crippen LogP contribution in [0.2, 0.25) is 0 Å². The van der Waals surface area contributed by atoms with Gasteiger partial charge in [0.1, 0.15) is 0 Å². The Kier molecular flexibility index (Phi) is 8.95. The van der Waals surface area contributed by atoms with Crippen molar-refractivity contribution >= 4 is 22.6 Å². The smallest absolute Gasteiger partial charge is 0.0462 e. The van der Waals surface area contributed by atoms with Gasteiger partial charge >= 0.3 is 0 Å². The van der Waals surface area contributed by atoms with E-state index in [1.807, 2.05) is 0 Å². The Hall–Kier alpha value is -6.96. The lowest BCUT2D eigenvalue weighted by atomic mass is 9.78. The van der Waals surface area contributed by atoms with Gasteiger partial charge in [-0.25, -0.2) is 0 Å². The van der Waals surface area contributed by atoms with Crippen LogP contribution >= 0.6 is 0 Å². The highest BCUT2D eigenvalue weighted by Crippen LogP contribution is 2.52. The van der Waals surface area contributed by atoms with E-state index in [-0.39, 0.29) is 10.8 Å². The molecule has 1 unspecified atom stereocenters. The Balaban J connectivity index is 0.930. The average Bonchev–Trinajstić information content (AvgIpc) is 3.68. The van der Waals surface area contributed by atoms with Crippen molar-refractivity contribution in [3.8, 4) is 55.6 Å². The molecule has 0 aliphatic heterocycles. The molecule has 8 aromatic carbocycles. The first-order valence-electron chi connectivity index (χ1n) is 22.2. The fraction of sp³-hybridized carbons (Fsp3) is 0.148.